The van der Waals surface area contributed by atoms with Crippen molar-refractivity contribution >= 4 is 17.7 Å². The van der Waals surface area contributed by atoms with Crippen molar-refractivity contribution in [3.05, 3.63) is 11.7 Å². The predicted octanol–water partition coefficient (Wildman–Crippen LogP) is 2.68. The highest BCUT2D eigenvalue weighted by Gasteiger charge is 2.35. The molecule has 1 heterocycles. The van der Waals surface area contributed by atoms with Crippen LogP contribution >= 0.6 is 11.8 Å². The van der Waals surface area contributed by atoms with Crippen LogP contribution in [0.3, 0.4) is 0 Å². The van der Waals surface area contributed by atoms with Crippen LogP contribution in [-0.2, 0) is 10.5 Å². The molecule has 0 bridgehead atoms. The van der Waals surface area contributed by atoms with Crippen LogP contribution in [-0.4, -0.2) is 27.0 Å². The molecule has 0 radical (unpaired) electrons. The summed E-state index contributed by atoms with van der Waals surface area (Å²) in [6.45, 7) is 2.08. The molecule has 1 aromatic heterocycles. The fourth-order valence-electron chi connectivity index (χ4n) is 2.39. The third kappa shape index (κ3) is 3.04. The molecule has 1 saturated carbocycles. The lowest BCUT2D eigenvalue weighted by molar-refractivity contribution is -0.143. The molecular formula is C12H18N2O3S. The number of carboxylic acids is 1. The fraction of sp³-hybridized carbons (Fsp3) is 0.750. The van der Waals surface area contributed by atoms with E-state index in [4.69, 9.17) is 4.52 Å². The number of hydrogen-bond acceptors (Lipinski definition) is 5. The predicted molar refractivity (Wildman–Crippen MR) is 68.5 cm³/mol. The van der Waals surface area contributed by atoms with Crippen molar-refractivity contribution in [1.29, 1.82) is 0 Å². The van der Waals surface area contributed by atoms with Gasteiger partial charge in [-0.2, -0.15) is 16.7 Å². The number of aromatic nitrogens is 2. The summed E-state index contributed by atoms with van der Waals surface area (Å²) in [5.74, 6) is 1.69. The first-order valence-electron chi connectivity index (χ1n) is 6.35. The number of thioether (sulfide) groups is 1. The summed E-state index contributed by atoms with van der Waals surface area (Å²) >= 11 is 1.73. The maximum absolute atomic E-state index is 11.2. The second kappa shape index (κ2) is 6.22. The van der Waals surface area contributed by atoms with Crippen LogP contribution in [0.4, 0.5) is 0 Å². The van der Waals surface area contributed by atoms with Crippen LogP contribution in [0.15, 0.2) is 4.52 Å². The molecule has 18 heavy (non-hydrogen) atoms. The van der Waals surface area contributed by atoms with Gasteiger partial charge in [0.05, 0.1) is 17.6 Å². The van der Waals surface area contributed by atoms with Gasteiger partial charge in [-0.3, -0.25) is 4.79 Å². The van der Waals surface area contributed by atoms with Crippen molar-refractivity contribution in [3.63, 3.8) is 0 Å². The first kappa shape index (κ1) is 13.4. The standard InChI is InChI=1S/C12H18N2O3S/c1-2-18-7-10-13-11(17-14-10)8-5-3-4-6-9(8)12(15)16/h8-9H,2-7H2,1H3,(H,15,16). The molecular weight excluding hydrogens is 252 g/mol. The number of carboxylic acid groups (broad SMARTS) is 1. The van der Waals surface area contributed by atoms with Crippen LogP contribution in [0.2, 0.25) is 0 Å². The van der Waals surface area contributed by atoms with Gasteiger partial charge in [-0.1, -0.05) is 24.9 Å². The Labute approximate surface area is 110 Å². The molecule has 1 aliphatic rings. The Hall–Kier alpha value is -1.04. The van der Waals surface area contributed by atoms with Gasteiger partial charge in [0, 0.05) is 0 Å². The lowest BCUT2D eigenvalue weighted by Gasteiger charge is -2.25. The fourth-order valence-corrected chi connectivity index (χ4v) is 2.90. The van der Waals surface area contributed by atoms with Crippen molar-refractivity contribution in [1.82, 2.24) is 10.1 Å². The minimum atomic E-state index is -0.748. The molecule has 0 spiro atoms. The maximum Gasteiger partial charge on any atom is 0.307 e. The number of nitrogens with zero attached hydrogens (tertiary/aromatic N) is 2. The number of rotatable bonds is 5. The molecule has 2 unspecified atom stereocenters. The molecule has 1 aliphatic carbocycles. The number of carbonyl (C=O) groups is 1. The SMILES string of the molecule is CCSCc1noc(C2CCCCC2C(=O)O)n1. The summed E-state index contributed by atoms with van der Waals surface area (Å²) in [4.78, 5) is 15.6. The van der Waals surface area contributed by atoms with Crippen LogP contribution in [0.25, 0.3) is 0 Å². The molecule has 0 amide bonds. The average molecular weight is 270 g/mol. The monoisotopic (exact) mass is 270 g/mol. The number of aliphatic carboxylic acids is 1. The molecule has 2 rings (SSSR count). The lowest BCUT2D eigenvalue weighted by Crippen LogP contribution is -2.25. The van der Waals surface area contributed by atoms with Gasteiger partial charge in [-0.25, -0.2) is 0 Å². The van der Waals surface area contributed by atoms with Crippen molar-refractivity contribution < 1.29 is 14.4 Å². The molecule has 1 fully saturated rings. The van der Waals surface area contributed by atoms with Crippen LogP contribution in [0.1, 0.15) is 50.2 Å². The van der Waals surface area contributed by atoms with Crippen molar-refractivity contribution in [3.8, 4) is 0 Å². The van der Waals surface area contributed by atoms with Crippen LogP contribution in [0.5, 0.6) is 0 Å². The Balaban J connectivity index is 2.08. The molecule has 0 aromatic carbocycles. The zero-order chi connectivity index (χ0) is 13.0. The first-order chi connectivity index (χ1) is 8.72. The minimum Gasteiger partial charge on any atom is -0.481 e. The summed E-state index contributed by atoms with van der Waals surface area (Å²) in [7, 11) is 0. The summed E-state index contributed by atoms with van der Waals surface area (Å²) in [5.41, 5.74) is 0. The average Bonchev–Trinajstić information content (AvgIpc) is 2.85. The second-order valence-corrected chi connectivity index (χ2v) is 5.80. The van der Waals surface area contributed by atoms with Crippen LogP contribution in [0, 0.1) is 5.92 Å². The summed E-state index contributed by atoms with van der Waals surface area (Å²) in [6, 6.07) is 0. The van der Waals surface area contributed by atoms with E-state index in [-0.39, 0.29) is 11.8 Å². The highest BCUT2D eigenvalue weighted by atomic mass is 32.2. The Bertz CT molecular complexity index is 408. The van der Waals surface area contributed by atoms with E-state index >= 15 is 0 Å². The van der Waals surface area contributed by atoms with Crippen molar-refractivity contribution in [2.75, 3.05) is 5.75 Å². The maximum atomic E-state index is 11.2. The summed E-state index contributed by atoms with van der Waals surface area (Å²) in [6.07, 6.45) is 3.55. The largest absolute Gasteiger partial charge is 0.481 e. The van der Waals surface area contributed by atoms with Gasteiger partial charge in [-0.15, -0.1) is 0 Å². The molecule has 0 aliphatic heterocycles. The molecule has 1 N–H and O–H groups in total. The zero-order valence-electron chi connectivity index (χ0n) is 10.5. The van der Waals surface area contributed by atoms with E-state index < -0.39 is 5.97 Å². The second-order valence-electron chi connectivity index (χ2n) is 4.52. The Morgan fingerprint density at radius 3 is 3.00 bits per heavy atom. The number of hydrogen-bond donors (Lipinski definition) is 1. The van der Waals surface area contributed by atoms with Gasteiger partial charge in [0.15, 0.2) is 5.82 Å². The topological polar surface area (TPSA) is 76.2 Å². The Morgan fingerprint density at radius 1 is 1.50 bits per heavy atom. The molecule has 5 nitrogen and oxygen atoms in total. The highest BCUT2D eigenvalue weighted by molar-refractivity contribution is 7.98. The van der Waals surface area contributed by atoms with E-state index in [1.165, 1.54) is 0 Å². The Morgan fingerprint density at radius 2 is 2.28 bits per heavy atom. The van der Waals surface area contributed by atoms with Crippen molar-refractivity contribution in [2.24, 2.45) is 5.92 Å². The quantitative estimate of drug-likeness (QED) is 0.886. The van der Waals surface area contributed by atoms with Gasteiger partial charge in [0.2, 0.25) is 5.89 Å². The van der Waals surface area contributed by atoms with Gasteiger partial charge in [-0.05, 0) is 18.6 Å². The molecule has 2 atom stereocenters. The Kier molecular flexibility index (Phi) is 4.63. The smallest absolute Gasteiger partial charge is 0.307 e. The molecule has 1 aromatic rings. The van der Waals surface area contributed by atoms with Gasteiger partial charge < -0.3 is 9.63 Å². The third-order valence-corrected chi connectivity index (χ3v) is 4.19. The minimum absolute atomic E-state index is 0.107. The van der Waals surface area contributed by atoms with E-state index in [0.29, 0.717) is 18.1 Å². The third-order valence-electron chi connectivity index (χ3n) is 3.32. The van der Waals surface area contributed by atoms with Crippen LogP contribution < -0.4 is 0 Å². The van der Waals surface area contributed by atoms with Gasteiger partial charge in [0.1, 0.15) is 0 Å². The zero-order valence-corrected chi connectivity index (χ0v) is 11.3. The van der Waals surface area contributed by atoms with E-state index in [1.54, 1.807) is 11.8 Å². The normalized spacial score (nSPS) is 24.1. The van der Waals surface area contributed by atoms with Gasteiger partial charge >= 0.3 is 5.97 Å². The molecule has 6 heteroatoms. The summed E-state index contributed by atoms with van der Waals surface area (Å²) in [5, 5.41) is 13.1. The van der Waals surface area contributed by atoms with Gasteiger partial charge in [0.25, 0.3) is 0 Å². The molecule has 0 saturated heterocycles. The lowest BCUT2D eigenvalue weighted by atomic mass is 9.79. The van der Waals surface area contributed by atoms with E-state index in [9.17, 15) is 9.90 Å². The van der Waals surface area contributed by atoms with Crippen molar-refractivity contribution in [2.45, 2.75) is 44.3 Å². The molecule has 100 valence electrons. The highest BCUT2D eigenvalue weighted by Crippen LogP contribution is 2.37. The first-order valence-corrected chi connectivity index (χ1v) is 7.51. The summed E-state index contributed by atoms with van der Waals surface area (Å²) < 4.78 is 5.24. The van der Waals surface area contributed by atoms with E-state index in [1.807, 2.05) is 0 Å². The van der Waals surface area contributed by atoms with E-state index in [0.717, 1.165) is 30.8 Å². The van der Waals surface area contributed by atoms with E-state index in [2.05, 4.69) is 17.1 Å².